The van der Waals surface area contributed by atoms with Crippen LogP contribution in [-0.4, -0.2) is 33.1 Å². The van der Waals surface area contributed by atoms with Gasteiger partial charge in [0.25, 0.3) is 0 Å². The second kappa shape index (κ2) is 7.06. The molecule has 0 radical (unpaired) electrons. The van der Waals surface area contributed by atoms with E-state index in [1.54, 1.807) is 0 Å². The Balaban J connectivity index is 2.07. The summed E-state index contributed by atoms with van der Waals surface area (Å²) in [5.41, 5.74) is 1.05. The maximum atomic E-state index is 4.62. The molecule has 0 unspecified atom stereocenters. The molecule has 0 fully saturated rings. The van der Waals surface area contributed by atoms with Crippen molar-refractivity contribution in [2.24, 2.45) is 7.05 Å². The maximum absolute atomic E-state index is 4.62. The average Bonchev–Trinajstić information content (AvgIpc) is 2.88. The third kappa shape index (κ3) is 3.71. The normalized spacial score (nSPS) is 10.7. The molecule has 6 nitrogen and oxygen atoms in total. The largest absolute Gasteiger partial charge is 0.373 e. The van der Waals surface area contributed by atoms with Crippen molar-refractivity contribution in [3.63, 3.8) is 0 Å². The minimum absolute atomic E-state index is 0.803. The number of nitrogens with zero attached hydrogens (tertiary/aromatic N) is 4. The van der Waals surface area contributed by atoms with Crippen molar-refractivity contribution in [3.05, 3.63) is 29.6 Å². The molecule has 2 aromatic rings. The lowest BCUT2D eigenvalue weighted by Gasteiger charge is -2.13. The van der Waals surface area contributed by atoms with Gasteiger partial charge in [0, 0.05) is 51.4 Å². The van der Waals surface area contributed by atoms with Gasteiger partial charge >= 0.3 is 0 Å². The van der Waals surface area contributed by atoms with Crippen molar-refractivity contribution < 1.29 is 0 Å². The summed E-state index contributed by atoms with van der Waals surface area (Å²) in [7, 11) is 3.90. The molecule has 114 valence electrons. The Hall–Kier alpha value is -2.11. The smallest absolute Gasteiger partial charge is 0.134 e. The van der Waals surface area contributed by atoms with Gasteiger partial charge in [0.2, 0.25) is 0 Å². The first-order valence-electron chi connectivity index (χ1n) is 7.41. The number of rotatable bonds is 7. The fourth-order valence-corrected chi connectivity index (χ4v) is 2.24. The van der Waals surface area contributed by atoms with Gasteiger partial charge in [-0.15, -0.1) is 0 Å². The molecule has 0 amide bonds. The highest BCUT2D eigenvalue weighted by atomic mass is 15.1. The van der Waals surface area contributed by atoms with Gasteiger partial charge in [-0.1, -0.05) is 6.92 Å². The summed E-state index contributed by atoms with van der Waals surface area (Å²) < 4.78 is 2.04. The van der Waals surface area contributed by atoms with Crippen LogP contribution in [0.5, 0.6) is 0 Å². The molecule has 0 aliphatic heterocycles. The standard InChI is InChI=1S/C15H24N6/c1-5-6-12-19-14(16-3)11(2)15(20-12)18-8-7-13-17-9-10-21(13)4/h9-10H,5-8H2,1-4H3,(H2,16,18,19,20). The predicted molar refractivity (Wildman–Crippen MR) is 85.7 cm³/mol. The highest BCUT2D eigenvalue weighted by Gasteiger charge is 2.09. The number of hydrogen-bond acceptors (Lipinski definition) is 5. The lowest BCUT2D eigenvalue weighted by molar-refractivity contribution is 0.785. The maximum Gasteiger partial charge on any atom is 0.134 e. The molecule has 0 spiro atoms. The van der Waals surface area contributed by atoms with Gasteiger partial charge in [-0.05, 0) is 13.3 Å². The van der Waals surface area contributed by atoms with Gasteiger partial charge < -0.3 is 15.2 Å². The molecule has 0 saturated heterocycles. The second-order valence-electron chi connectivity index (χ2n) is 5.09. The first-order valence-corrected chi connectivity index (χ1v) is 7.41. The topological polar surface area (TPSA) is 67.7 Å². The number of imidazole rings is 1. The van der Waals surface area contributed by atoms with E-state index in [0.29, 0.717) is 0 Å². The van der Waals surface area contributed by atoms with Crippen molar-refractivity contribution >= 4 is 11.6 Å². The molecule has 0 bridgehead atoms. The van der Waals surface area contributed by atoms with Gasteiger partial charge in [-0.2, -0.15) is 0 Å². The molecule has 2 rings (SSSR count). The van der Waals surface area contributed by atoms with Crippen LogP contribution in [0.25, 0.3) is 0 Å². The van der Waals surface area contributed by atoms with Crippen LogP contribution >= 0.6 is 0 Å². The number of hydrogen-bond donors (Lipinski definition) is 2. The number of aromatic nitrogens is 4. The summed E-state index contributed by atoms with van der Waals surface area (Å²) in [6.45, 7) is 4.97. The molecule has 0 saturated carbocycles. The van der Waals surface area contributed by atoms with E-state index in [-0.39, 0.29) is 0 Å². The van der Waals surface area contributed by atoms with Crippen LogP contribution in [0.3, 0.4) is 0 Å². The minimum atomic E-state index is 0.803. The molecule has 21 heavy (non-hydrogen) atoms. The van der Waals surface area contributed by atoms with E-state index in [9.17, 15) is 0 Å². The Morgan fingerprint density at radius 1 is 1.19 bits per heavy atom. The van der Waals surface area contributed by atoms with Gasteiger partial charge in [-0.3, -0.25) is 0 Å². The molecule has 6 heteroatoms. The Bertz CT molecular complexity index is 590. The summed E-state index contributed by atoms with van der Waals surface area (Å²) in [6, 6.07) is 0. The van der Waals surface area contributed by atoms with Crippen molar-refractivity contribution in [1.29, 1.82) is 0 Å². The van der Waals surface area contributed by atoms with E-state index in [2.05, 4.69) is 32.5 Å². The lowest BCUT2D eigenvalue weighted by Crippen LogP contribution is -2.13. The molecule has 2 aromatic heterocycles. The van der Waals surface area contributed by atoms with Crippen LogP contribution in [0, 0.1) is 6.92 Å². The summed E-state index contributed by atoms with van der Waals surface area (Å²) in [5, 5.41) is 6.55. The molecular weight excluding hydrogens is 264 g/mol. The van der Waals surface area contributed by atoms with Gasteiger partial charge in [-0.25, -0.2) is 15.0 Å². The third-order valence-electron chi connectivity index (χ3n) is 3.46. The Kier molecular flexibility index (Phi) is 5.14. The second-order valence-corrected chi connectivity index (χ2v) is 5.09. The van der Waals surface area contributed by atoms with Crippen molar-refractivity contribution in [2.45, 2.75) is 33.1 Å². The first kappa shape index (κ1) is 15.3. The van der Waals surface area contributed by atoms with Gasteiger partial charge in [0.15, 0.2) is 0 Å². The number of anilines is 2. The highest BCUT2D eigenvalue weighted by Crippen LogP contribution is 2.20. The van der Waals surface area contributed by atoms with E-state index < -0.39 is 0 Å². The monoisotopic (exact) mass is 288 g/mol. The SMILES string of the molecule is CCCc1nc(NC)c(C)c(NCCc2nccn2C)n1. The Labute approximate surface area is 126 Å². The summed E-state index contributed by atoms with van der Waals surface area (Å²) in [6.07, 6.45) is 6.58. The third-order valence-corrected chi connectivity index (χ3v) is 3.46. The van der Waals surface area contributed by atoms with E-state index in [1.165, 1.54) is 0 Å². The fraction of sp³-hybridized carbons (Fsp3) is 0.533. The number of aryl methyl sites for hydroxylation is 2. The summed E-state index contributed by atoms with van der Waals surface area (Å²) in [4.78, 5) is 13.5. The molecule has 2 heterocycles. The molecular formula is C15H24N6. The Morgan fingerprint density at radius 3 is 2.57 bits per heavy atom. The lowest BCUT2D eigenvalue weighted by atomic mass is 10.2. The fourth-order valence-electron chi connectivity index (χ4n) is 2.24. The molecule has 2 N–H and O–H groups in total. The number of nitrogens with one attached hydrogen (secondary N) is 2. The minimum Gasteiger partial charge on any atom is -0.373 e. The molecule has 0 aliphatic rings. The van der Waals surface area contributed by atoms with Crippen LogP contribution in [-0.2, 0) is 19.9 Å². The zero-order valence-electron chi connectivity index (χ0n) is 13.3. The molecule has 0 aliphatic carbocycles. The van der Waals surface area contributed by atoms with Crippen LogP contribution in [0.15, 0.2) is 12.4 Å². The van der Waals surface area contributed by atoms with Crippen LogP contribution in [0.4, 0.5) is 11.6 Å². The van der Waals surface area contributed by atoms with Crippen molar-refractivity contribution in [1.82, 2.24) is 19.5 Å². The van der Waals surface area contributed by atoms with Crippen molar-refractivity contribution in [3.8, 4) is 0 Å². The summed E-state index contributed by atoms with van der Waals surface area (Å²) in [5.74, 6) is 3.75. The quantitative estimate of drug-likeness (QED) is 0.817. The zero-order valence-corrected chi connectivity index (χ0v) is 13.3. The van der Waals surface area contributed by atoms with Crippen LogP contribution < -0.4 is 10.6 Å². The van der Waals surface area contributed by atoms with Gasteiger partial charge in [0.05, 0.1) is 0 Å². The molecule has 0 aromatic carbocycles. The van der Waals surface area contributed by atoms with E-state index in [4.69, 9.17) is 0 Å². The van der Waals surface area contributed by atoms with Crippen LogP contribution in [0.1, 0.15) is 30.6 Å². The van der Waals surface area contributed by atoms with E-state index >= 15 is 0 Å². The van der Waals surface area contributed by atoms with E-state index in [1.807, 2.05) is 38.0 Å². The first-order chi connectivity index (χ1) is 10.2. The summed E-state index contributed by atoms with van der Waals surface area (Å²) >= 11 is 0. The predicted octanol–water partition coefficient (Wildman–Crippen LogP) is 2.17. The van der Waals surface area contributed by atoms with Gasteiger partial charge in [0.1, 0.15) is 23.3 Å². The zero-order chi connectivity index (χ0) is 15.2. The Morgan fingerprint density at radius 2 is 1.95 bits per heavy atom. The van der Waals surface area contributed by atoms with Crippen molar-refractivity contribution in [2.75, 3.05) is 24.2 Å². The van der Waals surface area contributed by atoms with E-state index in [0.717, 1.165) is 54.7 Å². The average molecular weight is 288 g/mol. The van der Waals surface area contributed by atoms with Crippen LogP contribution in [0.2, 0.25) is 0 Å². The molecule has 0 atom stereocenters. The highest BCUT2D eigenvalue weighted by molar-refractivity contribution is 5.57.